The van der Waals surface area contributed by atoms with Gasteiger partial charge in [0.1, 0.15) is 5.60 Å². The summed E-state index contributed by atoms with van der Waals surface area (Å²) in [4.78, 5) is 4.11. The molecule has 1 atom stereocenters. The molecule has 1 saturated carbocycles. The van der Waals surface area contributed by atoms with Crippen molar-refractivity contribution in [3.05, 3.63) is 29.6 Å². The molecule has 0 bridgehead atoms. The van der Waals surface area contributed by atoms with E-state index in [9.17, 15) is 5.11 Å². The van der Waals surface area contributed by atoms with Crippen LogP contribution in [0.3, 0.4) is 0 Å². The zero-order valence-corrected chi connectivity index (χ0v) is 8.74. The molecule has 80 valence electrons. The third-order valence-corrected chi connectivity index (χ3v) is 4.25. The minimum absolute atomic E-state index is 0.0795. The fourth-order valence-electron chi connectivity index (χ4n) is 3.04. The number of nitrogens with zero attached hydrogens (tertiary/aromatic N) is 1. The number of fused-ring (bicyclic) bond motifs is 1. The molecule has 3 heteroatoms. The largest absolute Gasteiger partial charge is 0.383 e. The summed E-state index contributed by atoms with van der Waals surface area (Å²) in [6.07, 6.45) is 7.93. The second-order valence-electron chi connectivity index (χ2n) is 4.88. The van der Waals surface area contributed by atoms with Crippen molar-refractivity contribution in [3.8, 4) is 0 Å². The fourth-order valence-corrected chi connectivity index (χ4v) is 3.04. The van der Waals surface area contributed by atoms with Crippen LogP contribution >= 0.6 is 0 Å². The molecule has 3 rings (SSSR count). The highest BCUT2D eigenvalue weighted by atomic mass is 16.3. The lowest BCUT2D eigenvalue weighted by molar-refractivity contribution is -0.0422. The quantitative estimate of drug-likeness (QED) is 0.716. The van der Waals surface area contributed by atoms with Crippen LogP contribution in [0.1, 0.15) is 30.4 Å². The Morgan fingerprint density at radius 2 is 2.20 bits per heavy atom. The summed E-state index contributed by atoms with van der Waals surface area (Å²) in [6.45, 7) is 0.323. The maximum absolute atomic E-state index is 10.8. The van der Waals surface area contributed by atoms with E-state index in [1.54, 1.807) is 6.20 Å². The van der Waals surface area contributed by atoms with Crippen LogP contribution in [-0.2, 0) is 12.0 Å². The molecule has 3 nitrogen and oxygen atoms in total. The number of aliphatic hydroxyl groups is 1. The summed E-state index contributed by atoms with van der Waals surface area (Å²) in [5, 5.41) is 10.8. The Labute approximate surface area is 89.3 Å². The van der Waals surface area contributed by atoms with Gasteiger partial charge in [-0.2, -0.15) is 0 Å². The first kappa shape index (κ1) is 9.31. The lowest BCUT2D eigenvalue weighted by atomic mass is 9.69. The number of hydrogen-bond acceptors (Lipinski definition) is 3. The zero-order valence-electron chi connectivity index (χ0n) is 8.74. The Morgan fingerprint density at radius 1 is 1.40 bits per heavy atom. The van der Waals surface area contributed by atoms with Crippen molar-refractivity contribution in [2.24, 2.45) is 11.1 Å². The monoisotopic (exact) mass is 204 g/mol. The number of rotatable bonds is 1. The molecule has 15 heavy (non-hydrogen) atoms. The van der Waals surface area contributed by atoms with Gasteiger partial charge in [-0.15, -0.1) is 0 Å². The lowest BCUT2D eigenvalue weighted by Crippen LogP contribution is -2.47. The van der Waals surface area contributed by atoms with E-state index in [4.69, 9.17) is 5.73 Å². The minimum Gasteiger partial charge on any atom is -0.383 e. The molecule has 2 aliphatic rings. The Morgan fingerprint density at radius 3 is 2.87 bits per heavy atom. The molecule has 0 radical (unpaired) electrons. The SMILES string of the molecule is NCC1(O)c2ccncc2CCC12CC2. The Bertz CT molecular complexity index is 400. The average Bonchev–Trinajstić information content (AvgIpc) is 3.06. The summed E-state index contributed by atoms with van der Waals surface area (Å²) in [5.41, 5.74) is 7.26. The van der Waals surface area contributed by atoms with Gasteiger partial charge in [0.25, 0.3) is 0 Å². The molecule has 0 amide bonds. The van der Waals surface area contributed by atoms with Crippen molar-refractivity contribution < 1.29 is 5.11 Å². The van der Waals surface area contributed by atoms with Gasteiger partial charge in [-0.1, -0.05) is 0 Å². The molecule has 1 unspecified atom stereocenters. The van der Waals surface area contributed by atoms with Crippen LogP contribution in [0.25, 0.3) is 0 Å². The molecule has 0 saturated heterocycles. The molecule has 2 aliphatic carbocycles. The molecule has 1 aromatic heterocycles. The highest BCUT2D eigenvalue weighted by Crippen LogP contribution is 2.63. The van der Waals surface area contributed by atoms with Crippen LogP contribution in [0.4, 0.5) is 0 Å². The van der Waals surface area contributed by atoms with Crippen LogP contribution < -0.4 is 5.73 Å². The molecular weight excluding hydrogens is 188 g/mol. The number of hydrogen-bond donors (Lipinski definition) is 2. The fraction of sp³-hybridized carbons (Fsp3) is 0.583. The molecule has 1 fully saturated rings. The first-order chi connectivity index (χ1) is 7.22. The first-order valence-corrected chi connectivity index (χ1v) is 5.58. The van der Waals surface area contributed by atoms with E-state index in [1.165, 1.54) is 5.56 Å². The van der Waals surface area contributed by atoms with E-state index in [-0.39, 0.29) is 5.41 Å². The van der Waals surface area contributed by atoms with Gasteiger partial charge in [-0.25, -0.2) is 0 Å². The van der Waals surface area contributed by atoms with Crippen LogP contribution in [0.15, 0.2) is 18.5 Å². The third kappa shape index (κ3) is 1.05. The number of aryl methyl sites for hydroxylation is 1. The van der Waals surface area contributed by atoms with Crippen LogP contribution in [0.5, 0.6) is 0 Å². The second-order valence-corrected chi connectivity index (χ2v) is 4.88. The smallest absolute Gasteiger partial charge is 0.108 e. The van der Waals surface area contributed by atoms with Crippen molar-refractivity contribution in [3.63, 3.8) is 0 Å². The lowest BCUT2D eigenvalue weighted by Gasteiger charge is -2.41. The summed E-state index contributed by atoms with van der Waals surface area (Å²) in [5.74, 6) is 0. The van der Waals surface area contributed by atoms with Crippen LogP contribution in [0.2, 0.25) is 0 Å². The number of pyridine rings is 1. The Balaban J connectivity index is 2.16. The molecule has 3 N–H and O–H groups in total. The minimum atomic E-state index is -0.802. The van der Waals surface area contributed by atoms with Gasteiger partial charge in [-0.05, 0) is 42.9 Å². The van der Waals surface area contributed by atoms with E-state index in [1.807, 2.05) is 12.3 Å². The average molecular weight is 204 g/mol. The molecule has 0 aliphatic heterocycles. The van der Waals surface area contributed by atoms with Crippen molar-refractivity contribution in [1.82, 2.24) is 4.98 Å². The van der Waals surface area contributed by atoms with Crippen LogP contribution in [-0.4, -0.2) is 16.6 Å². The second kappa shape index (κ2) is 2.80. The van der Waals surface area contributed by atoms with Gasteiger partial charge in [-0.3, -0.25) is 4.98 Å². The maximum atomic E-state index is 10.8. The predicted molar refractivity (Wildman–Crippen MR) is 57.2 cm³/mol. The highest BCUT2D eigenvalue weighted by Gasteiger charge is 2.60. The predicted octanol–water partition coefficient (Wildman–Crippen LogP) is 0.954. The van der Waals surface area contributed by atoms with Gasteiger partial charge in [0.15, 0.2) is 0 Å². The van der Waals surface area contributed by atoms with Gasteiger partial charge in [0, 0.05) is 24.4 Å². The van der Waals surface area contributed by atoms with E-state index < -0.39 is 5.60 Å². The molecular formula is C12H16N2O. The van der Waals surface area contributed by atoms with Gasteiger partial charge >= 0.3 is 0 Å². The van der Waals surface area contributed by atoms with Crippen LogP contribution in [0, 0.1) is 5.41 Å². The van der Waals surface area contributed by atoms with E-state index >= 15 is 0 Å². The molecule has 1 heterocycles. The van der Waals surface area contributed by atoms with Crippen molar-refractivity contribution in [2.75, 3.05) is 6.54 Å². The molecule has 1 aromatic rings. The van der Waals surface area contributed by atoms with Crippen molar-refractivity contribution in [1.29, 1.82) is 0 Å². The maximum Gasteiger partial charge on any atom is 0.108 e. The number of aromatic nitrogens is 1. The zero-order chi connectivity index (χ0) is 10.5. The topological polar surface area (TPSA) is 59.1 Å². The van der Waals surface area contributed by atoms with Gasteiger partial charge in [0.2, 0.25) is 0 Å². The van der Waals surface area contributed by atoms with Crippen molar-refractivity contribution >= 4 is 0 Å². The third-order valence-electron chi connectivity index (χ3n) is 4.25. The van der Waals surface area contributed by atoms with E-state index in [2.05, 4.69) is 4.98 Å². The summed E-state index contributed by atoms with van der Waals surface area (Å²) < 4.78 is 0. The standard InChI is InChI=1S/C12H16N2O/c13-8-12(15)10-2-6-14-7-9(10)1-3-11(12)4-5-11/h2,6-7,15H,1,3-5,8,13H2. The van der Waals surface area contributed by atoms with Gasteiger partial charge in [0.05, 0.1) is 0 Å². The summed E-state index contributed by atoms with van der Waals surface area (Å²) >= 11 is 0. The molecule has 0 aromatic carbocycles. The van der Waals surface area contributed by atoms with E-state index in [0.29, 0.717) is 6.54 Å². The normalized spacial score (nSPS) is 31.3. The molecule has 1 spiro atoms. The van der Waals surface area contributed by atoms with Crippen molar-refractivity contribution in [2.45, 2.75) is 31.3 Å². The van der Waals surface area contributed by atoms with E-state index in [0.717, 1.165) is 31.2 Å². The first-order valence-electron chi connectivity index (χ1n) is 5.58. The Hall–Kier alpha value is -0.930. The highest BCUT2D eigenvalue weighted by molar-refractivity contribution is 5.37. The summed E-state index contributed by atoms with van der Waals surface area (Å²) in [6, 6.07) is 1.93. The Kier molecular flexibility index (Phi) is 1.74. The summed E-state index contributed by atoms with van der Waals surface area (Å²) in [7, 11) is 0. The van der Waals surface area contributed by atoms with Gasteiger partial charge < -0.3 is 10.8 Å². The number of nitrogens with two attached hydrogens (primary N) is 1.